The minimum absolute atomic E-state index is 0.136. The first-order valence-corrected chi connectivity index (χ1v) is 11.0. The maximum Gasteiger partial charge on any atom is 0.416 e. The van der Waals surface area contributed by atoms with Gasteiger partial charge in [-0.05, 0) is 29.8 Å². The Balaban J connectivity index is 1.83. The molecule has 0 spiro atoms. The van der Waals surface area contributed by atoms with E-state index in [4.69, 9.17) is 9.36 Å². The molecule has 0 unspecified atom stereocenters. The number of thioether (sulfide) groups is 1. The van der Waals surface area contributed by atoms with Gasteiger partial charge in [-0.3, -0.25) is 4.79 Å². The van der Waals surface area contributed by atoms with Crippen LogP contribution in [0.2, 0.25) is 0 Å². The van der Waals surface area contributed by atoms with Gasteiger partial charge in [-0.15, -0.1) is 11.8 Å². The van der Waals surface area contributed by atoms with E-state index in [2.05, 4.69) is 15.0 Å². The third-order valence-corrected chi connectivity index (χ3v) is 5.56. The van der Waals surface area contributed by atoms with Crippen molar-refractivity contribution >= 4 is 23.9 Å². The molecule has 0 radical (unpaired) electrons. The fraction of sp³-hybridized carbons (Fsp3) is 0.261. The van der Waals surface area contributed by atoms with Crippen LogP contribution in [0, 0.1) is 0 Å². The molecule has 3 rings (SSSR count). The number of rotatable bonds is 10. The summed E-state index contributed by atoms with van der Waals surface area (Å²) in [5.74, 6) is 0.180. The van der Waals surface area contributed by atoms with E-state index in [-0.39, 0.29) is 24.8 Å². The number of benzene rings is 2. The molecule has 1 aromatic heterocycles. The zero-order chi connectivity index (χ0) is 24.6. The topological polar surface area (TPSA) is 73.9 Å². The van der Waals surface area contributed by atoms with Gasteiger partial charge in [-0.25, -0.2) is 4.39 Å². The summed E-state index contributed by atoms with van der Waals surface area (Å²) in [6.07, 6.45) is -3.03. The summed E-state index contributed by atoms with van der Waals surface area (Å²) in [4.78, 5) is 17.2. The second kappa shape index (κ2) is 11.7. The molecule has 3 aromatic rings. The van der Waals surface area contributed by atoms with E-state index >= 15 is 0 Å². The summed E-state index contributed by atoms with van der Waals surface area (Å²) in [5, 5.41) is 7.76. The number of methoxy groups -OCH3 is 1. The highest BCUT2D eigenvalue weighted by atomic mass is 32.2. The normalized spacial score (nSPS) is 11.7. The van der Waals surface area contributed by atoms with Crippen molar-refractivity contribution < 1.29 is 36.5 Å². The van der Waals surface area contributed by atoms with Crippen LogP contribution in [0.15, 0.2) is 63.1 Å². The highest BCUT2D eigenvalue weighted by Crippen LogP contribution is 2.33. The van der Waals surface area contributed by atoms with Crippen LogP contribution in [0.5, 0.6) is 0 Å². The van der Waals surface area contributed by atoms with E-state index in [1.807, 2.05) is 18.2 Å². The number of halogens is 4. The van der Waals surface area contributed by atoms with Crippen molar-refractivity contribution in [1.29, 1.82) is 0 Å². The zero-order valence-electron chi connectivity index (χ0n) is 18.0. The number of ether oxygens (including phenoxy) is 1. The number of nitrogens with zero attached hydrogens (tertiary/aromatic N) is 2. The third kappa shape index (κ3) is 6.83. The monoisotopic (exact) mass is 496 g/mol. The van der Waals surface area contributed by atoms with Gasteiger partial charge in [0.25, 0.3) is 0 Å². The molecule has 0 aliphatic heterocycles. The maximum atomic E-state index is 12.9. The highest BCUT2D eigenvalue weighted by Gasteiger charge is 2.30. The molecular formula is C23H20F4N2O4S. The first-order valence-electron chi connectivity index (χ1n) is 9.98. The van der Waals surface area contributed by atoms with E-state index in [0.29, 0.717) is 22.6 Å². The van der Waals surface area contributed by atoms with Crippen molar-refractivity contribution in [3.8, 4) is 11.3 Å². The largest absolute Gasteiger partial charge is 0.469 e. The van der Waals surface area contributed by atoms with Gasteiger partial charge in [0.05, 0.1) is 30.9 Å². The van der Waals surface area contributed by atoms with Crippen LogP contribution in [0.1, 0.15) is 22.4 Å². The van der Waals surface area contributed by atoms with Crippen LogP contribution >= 0.6 is 11.8 Å². The van der Waals surface area contributed by atoms with Crippen LogP contribution in [-0.4, -0.2) is 37.7 Å². The minimum Gasteiger partial charge on any atom is -0.469 e. The van der Waals surface area contributed by atoms with Gasteiger partial charge in [0.2, 0.25) is 0 Å². The van der Waals surface area contributed by atoms with Crippen molar-refractivity contribution in [3.05, 3.63) is 70.9 Å². The Morgan fingerprint density at radius 1 is 1.21 bits per heavy atom. The van der Waals surface area contributed by atoms with E-state index in [0.717, 1.165) is 22.6 Å². The molecule has 180 valence electrons. The van der Waals surface area contributed by atoms with Gasteiger partial charge < -0.3 is 14.1 Å². The minimum atomic E-state index is -4.46. The van der Waals surface area contributed by atoms with E-state index in [1.165, 1.54) is 37.2 Å². The predicted molar refractivity (Wildman–Crippen MR) is 118 cm³/mol. The van der Waals surface area contributed by atoms with E-state index < -0.39 is 18.4 Å². The Bertz CT molecular complexity index is 1130. The van der Waals surface area contributed by atoms with Crippen molar-refractivity contribution in [2.45, 2.75) is 23.2 Å². The molecule has 1 heterocycles. The van der Waals surface area contributed by atoms with Crippen molar-refractivity contribution in [2.24, 2.45) is 5.16 Å². The second-order valence-corrected chi connectivity index (χ2v) is 7.94. The quantitative estimate of drug-likeness (QED) is 0.0897. The lowest BCUT2D eigenvalue weighted by Gasteiger charge is -2.07. The molecule has 0 aliphatic rings. The Morgan fingerprint density at radius 3 is 2.65 bits per heavy atom. The molecule has 0 fully saturated rings. The summed E-state index contributed by atoms with van der Waals surface area (Å²) in [6, 6.07) is 11.8. The lowest BCUT2D eigenvalue weighted by atomic mass is 10.1. The Labute approximate surface area is 196 Å². The van der Waals surface area contributed by atoms with Crippen molar-refractivity contribution in [1.82, 2.24) is 5.16 Å². The molecule has 11 heteroatoms. The van der Waals surface area contributed by atoms with Gasteiger partial charge in [-0.2, -0.15) is 13.2 Å². The van der Waals surface area contributed by atoms with Crippen molar-refractivity contribution in [2.75, 3.05) is 20.4 Å². The number of aromatic nitrogens is 1. The number of hydrogen-bond donors (Lipinski definition) is 0. The summed E-state index contributed by atoms with van der Waals surface area (Å²) >= 11 is 1.41. The van der Waals surface area contributed by atoms with Crippen LogP contribution in [0.25, 0.3) is 11.3 Å². The number of oxime groups is 1. The highest BCUT2D eigenvalue weighted by molar-refractivity contribution is 7.98. The molecule has 0 bridgehead atoms. The summed E-state index contributed by atoms with van der Waals surface area (Å²) in [7, 11) is 1.32. The molecule has 2 aromatic carbocycles. The zero-order valence-corrected chi connectivity index (χ0v) is 18.8. The number of carbonyl (C=O) groups is 1. The predicted octanol–water partition coefficient (Wildman–Crippen LogP) is 5.69. The van der Waals surface area contributed by atoms with Gasteiger partial charge in [-0.1, -0.05) is 34.6 Å². The van der Waals surface area contributed by atoms with Crippen LogP contribution in [-0.2, 0) is 32.7 Å². The van der Waals surface area contributed by atoms with E-state index in [1.54, 1.807) is 6.07 Å². The molecule has 0 atom stereocenters. The lowest BCUT2D eigenvalue weighted by Crippen LogP contribution is -2.04. The smallest absolute Gasteiger partial charge is 0.416 e. The molecule has 0 saturated carbocycles. The number of esters is 1. The Hall–Kier alpha value is -3.34. The van der Waals surface area contributed by atoms with Crippen LogP contribution in [0.3, 0.4) is 0 Å². The maximum absolute atomic E-state index is 12.9. The third-order valence-electron chi connectivity index (χ3n) is 4.55. The molecule has 34 heavy (non-hydrogen) atoms. The summed E-state index contributed by atoms with van der Waals surface area (Å²) in [6.45, 7) is -0.966. The molecular weight excluding hydrogens is 476 g/mol. The molecule has 0 aliphatic carbocycles. The first-order chi connectivity index (χ1) is 16.3. The van der Waals surface area contributed by atoms with Gasteiger partial charge in [0, 0.05) is 16.2 Å². The summed E-state index contributed by atoms with van der Waals surface area (Å²) < 4.78 is 61.1. The number of alkyl halides is 4. The van der Waals surface area contributed by atoms with Gasteiger partial charge in [0.15, 0.2) is 5.76 Å². The lowest BCUT2D eigenvalue weighted by molar-refractivity contribution is -0.140. The molecule has 0 amide bonds. The molecule has 0 N–H and O–H groups in total. The SMILES string of the molecule is COC(=O)Cc1cccc(SCc2noc(-c3ccc(C(F)(F)F)cc3)c2C=NOCCF)c1. The fourth-order valence-corrected chi connectivity index (χ4v) is 3.82. The number of carbonyl (C=O) groups excluding carboxylic acids is 1. The van der Waals surface area contributed by atoms with Crippen LogP contribution < -0.4 is 0 Å². The Kier molecular flexibility index (Phi) is 8.69. The molecule has 6 nitrogen and oxygen atoms in total. The van der Waals surface area contributed by atoms with Crippen LogP contribution in [0.4, 0.5) is 17.6 Å². The average molecular weight is 496 g/mol. The number of hydrogen-bond acceptors (Lipinski definition) is 7. The standard InChI is InChI=1S/C23H20F4N2O4S/c1-31-21(30)12-15-3-2-4-18(11-15)34-14-20-19(13-28-32-10-9-24)22(33-29-20)16-5-7-17(8-6-16)23(25,26)27/h2-8,11,13H,9-10,12,14H2,1H3. The van der Waals surface area contributed by atoms with Gasteiger partial charge >= 0.3 is 12.1 Å². The van der Waals surface area contributed by atoms with Crippen molar-refractivity contribution in [3.63, 3.8) is 0 Å². The second-order valence-electron chi connectivity index (χ2n) is 6.89. The first kappa shape index (κ1) is 25.3. The Morgan fingerprint density at radius 2 is 1.97 bits per heavy atom. The van der Waals surface area contributed by atoms with Gasteiger partial charge in [0.1, 0.15) is 19.0 Å². The average Bonchev–Trinajstić information content (AvgIpc) is 3.23. The fourth-order valence-electron chi connectivity index (χ4n) is 2.90. The molecule has 0 saturated heterocycles. The summed E-state index contributed by atoms with van der Waals surface area (Å²) in [5.41, 5.74) is 1.22. The van der Waals surface area contributed by atoms with E-state index in [9.17, 15) is 22.4 Å².